The van der Waals surface area contributed by atoms with E-state index in [1.54, 1.807) is 14.2 Å². The number of halogens is 8. The van der Waals surface area contributed by atoms with E-state index in [0.717, 1.165) is 16.7 Å². The first-order valence-corrected chi connectivity index (χ1v) is 13.8. The predicted octanol–water partition coefficient (Wildman–Crippen LogP) is 6.15. The lowest BCUT2D eigenvalue weighted by atomic mass is 9.97. The Morgan fingerprint density at radius 2 is 1.41 bits per heavy atom. The zero-order chi connectivity index (χ0) is 31.1. The Balaban J connectivity index is 0.00000484. The molecular weight excluding hydrogens is 635 g/mol. The van der Waals surface area contributed by atoms with E-state index in [0.29, 0.717) is 71.0 Å². The van der Waals surface area contributed by atoms with Crippen LogP contribution < -0.4 is 0 Å². The SMILES string of the molecule is COCCN(CCOC)CCN1CCN(C(=O)c2cc(C(F)(F)F)cc(C(F)(F)F)c2)[C@H](Cc2ccc(C)c(C)c2)C1.Cl.Cl. The average Bonchev–Trinajstić information content (AvgIpc) is 2.93. The molecule has 3 rings (SSSR count). The second-order valence-corrected chi connectivity index (χ2v) is 10.7. The molecule has 14 heteroatoms. The molecule has 1 fully saturated rings. The van der Waals surface area contributed by atoms with Crippen LogP contribution in [-0.4, -0.2) is 99.9 Å². The maximum Gasteiger partial charge on any atom is 0.416 e. The molecule has 1 atom stereocenters. The van der Waals surface area contributed by atoms with Crippen molar-refractivity contribution in [3.05, 3.63) is 69.8 Å². The van der Waals surface area contributed by atoms with Crippen LogP contribution in [0.1, 0.15) is 38.2 Å². The largest absolute Gasteiger partial charge is 0.416 e. The van der Waals surface area contributed by atoms with Crippen LogP contribution >= 0.6 is 24.8 Å². The zero-order valence-electron chi connectivity index (χ0n) is 25.3. The zero-order valence-corrected chi connectivity index (χ0v) is 26.9. The summed E-state index contributed by atoms with van der Waals surface area (Å²) in [6.07, 6.45) is -9.66. The van der Waals surface area contributed by atoms with E-state index in [-0.39, 0.29) is 37.4 Å². The van der Waals surface area contributed by atoms with Crippen LogP contribution in [0.5, 0.6) is 0 Å². The summed E-state index contributed by atoms with van der Waals surface area (Å²) in [5.41, 5.74) is -0.550. The van der Waals surface area contributed by atoms with Crippen molar-refractivity contribution < 1.29 is 40.6 Å². The van der Waals surface area contributed by atoms with Crippen LogP contribution in [-0.2, 0) is 28.2 Å². The van der Waals surface area contributed by atoms with Crippen LogP contribution in [0.2, 0.25) is 0 Å². The first-order valence-electron chi connectivity index (χ1n) is 13.8. The molecule has 0 unspecified atom stereocenters. The number of hydrogen-bond donors (Lipinski definition) is 0. The fraction of sp³-hybridized carbons (Fsp3) is 0.567. The molecular formula is C30H41Cl2F6N3O3. The molecule has 0 radical (unpaired) electrons. The first kappa shape index (κ1) is 39.9. The van der Waals surface area contributed by atoms with Crippen molar-refractivity contribution in [2.45, 2.75) is 38.7 Å². The standard InChI is InChI=1S/C30H39F6N3O3.2ClH/c1-21-5-6-23(15-22(21)2)16-27-20-38(8-7-37(11-13-41-3)12-14-42-4)9-10-39(27)28(40)24-17-25(29(31,32)33)19-26(18-24)30(34,35)36;;/h5-6,15,17-19,27H,7-14,16,20H2,1-4H3;2*1H/t27-;;/m1../s1. The van der Waals surface area contributed by atoms with Crippen LogP contribution in [0, 0.1) is 13.8 Å². The monoisotopic (exact) mass is 675 g/mol. The fourth-order valence-electron chi connectivity index (χ4n) is 5.07. The number of rotatable bonds is 12. The van der Waals surface area contributed by atoms with E-state index in [4.69, 9.17) is 9.47 Å². The molecule has 0 saturated carbocycles. The second kappa shape index (κ2) is 17.6. The number of amides is 1. The smallest absolute Gasteiger partial charge is 0.383 e. The van der Waals surface area contributed by atoms with Gasteiger partial charge in [-0.2, -0.15) is 26.3 Å². The Hall–Kier alpha value is -2.09. The highest BCUT2D eigenvalue weighted by Crippen LogP contribution is 2.37. The van der Waals surface area contributed by atoms with Gasteiger partial charge in [-0.3, -0.25) is 14.6 Å². The molecule has 1 amide bonds. The van der Waals surface area contributed by atoms with Gasteiger partial charge in [-0.15, -0.1) is 24.8 Å². The van der Waals surface area contributed by atoms with E-state index < -0.39 is 41.0 Å². The van der Waals surface area contributed by atoms with Gasteiger partial charge in [0.25, 0.3) is 5.91 Å². The molecule has 6 nitrogen and oxygen atoms in total. The molecule has 2 aromatic carbocycles. The number of benzene rings is 2. The number of alkyl halides is 6. The van der Waals surface area contributed by atoms with Gasteiger partial charge in [0.15, 0.2) is 0 Å². The molecule has 1 heterocycles. The Morgan fingerprint density at radius 3 is 1.91 bits per heavy atom. The molecule has 0 aromatic heterocycles. The van der Waals surface area contributed by atoms with Crippen molar-refractivity contribution in [2.24, 2.45) is 0 Å². The summed E-state index contributed by atoms with van der Waals surface area (Å²) in [5.74, 6) is -0.845. The van der Waals surface area contributed by atoms with Gasteiger partial charge in [-0.1, -0.05) is 18.2 Å². The van der Waals surface area contributed by atoms with Gasteiger partial charge < -0.3 is 14.4 Å². The lowest BCUT2D eigenvalue weighted by Gasteiger charge is -2.42. The molecule has 1 aliphatic heterocycles. The average molecular weight is 677 g/mol. The minimum Gasteiger partial charge on any atom is -0.383 e. The van der Waals surface area contributed by atoms with Gasteiger partial charge >= 0.3 is 12.4 Å². The molecule has 0 spiro atoms. The number of ether oxygens (including phenoxy) is 2. The Bertz CT molecular complexity index is 1160. The van der Waals surface area contributed by atoms with Crippen molar-refractivity contribution >= 4 is 30.7 Å². The van der Waals surface area contributed by atoms with Gasteiger partial charge in [0.05, 0.1) is 24.3 Å². The molecule has 1 aliphatic rings. The molecule has 0 bridgehead atoms. The summed E-state index contributed by atoms with van der Waals surface area (Å²) in [6.45, 7) is 8.86. The molecule has 0 aliphatic carbocycles. The third-order valence-corrected chi connectivity index (χ3v) is 7.66. The van der Waals surface area contributed by atoms with Gasteiger partial charge in [-0.05, 0) is 55.2 Å². The lowest BCUT2D eigenvalue weighted by Crippen LogP contribution is -2.57. The van der Waals surface area contributed by atoms with Gasteiger partial charge in [-0.25, -0.2) is 0 Å². The Labute approximate surface area is 267 Å². The number of hydrogen-bond acceptors (Lipinski definition) is 5. The summed E-state index contributed by atoms with van der Waals surface area (Å²) in [5, 5.41) is 0. The first-order chi connectivity index (χ1) is 19.7. The number of nitrogens with zero attached hydrogens (tertiary/aromatic N) is 3. The molecule has 250 valence electrons. The third-order valence-electron chi connectivity index (χ3n) is 7.66. The second-order valence-electron chi connectivity index (χ2n) is 10.7. The van der Waals surface area contributed by atoms with E-state index in [1.165, 1.54) is 4.90 Å². The highest BCUT2D eigenvalue weighted by molar-refractivity contribution is 5.95. The minimum atomic E-state index is -5.04. The molecule has 2 aromatic rings. The highest BCUT2D eigenvalue weighted by atomic mass is 35.5. The van der Waals surface area contributed by atoms with Crippen molar-refractivity contribution in [1.82, 2.24) is 14.7 Å². The quantitative estimate of drug-likeness (QED) is 0.253. The van der Waals surface area contributed by atoms with Crippen LogP contribution in [0.25, 0.3) is 0 Å². The molecule has 0 N–H and O–H groups in total. The Kier molecular flexibility index (Phi) is 15.9. The van der Waals surface area contributed by atoms with E-state index in [2.05, 4.69) is 9.80 Å². The number of carbonyl (C=O) groups is 1. The highest BCUT2D eigenvalue weighted by Gasteiger charge is 2.39. The lowest BCUT2D eigenvalue weighted by molar-refractivity contribution is -0.143. The van der Waals surface area contributed by atoms with Crippen molar-refractivity contribution in [1.29, 1.82) is 0 Å². The van der Waals surface area contributed by atoms with Gasteiger partial charge in [0.1, 0.15) is 0 Å². The van der Waals surface area contributed by atoms with Crippen molar-refractivity contribution in [2.75, 3.05) is 73.2 Å². The van der Waals surface area contributed by atoms with Crippen molar-refractivity contribution in [3.8, 4) is 0 Å². The minimum absolute atomic E-state index is 0. The maximum atomic E-state index is 13.6. The number of aryl methyl sites for hydroxylation is 2. The third kappa shape index (κ3) is 11.4. The van der Waals surface area contributed by atoms with Gasteiger partial charge in [0, 0.05) is 71.6 Å². The number of methoxy groups -OCH3 is 2. The fourth-order valence-corrected chi connectivity index (χ4v) is 5.07. The predicted molar refractivity (Wildman–Crippen MR) is 162 cm³/mol. The summed E-state index contributed by atoms with van der Waals surface area (Å²) >= 11 is 0. The molecule has 1 saturated heterocycles. The number of carbonyl (C=O) groups excluding carboxylic acids is 1. The summed E-state index contributed by atoms with van der Waals surface area (Å²) in [6, 6.07) is 6.52. The number of piperazine rings is 1. The summed E-state index contributed by atoms with van der Waals surface area (Å²) in [4.78, 5) is 19.4. The van der Waals surface area contributed by atoms with Crippen LogP contribution in [0.4, 0.5) is 26.3 Å². The van der Waals surface area contributed by atoms with Gasteiger partial charge in [0.2, 0.25) is 0 Å². The normalized spacial score (nSPS) is 16.1. The summed E-state index contributed by atoms with van der Waals surface area (Å²) in [7, 11) is 3.26. The molecule has 44 heavy (non-hydrogen) atoms. The van der Waals surface area contributed by atoms with Crippen LogP contribution in [0.3, 0.4) is 0 Å². The van der Waals surface area contributed by atoms with E-state index >= 15 is 0 Å². The van der Waals surface area contributed by atoms with E-state index in [9.17, 15) is 31.1 Å². The van der Waals surface area contributed by atoms with E-state index in [1.807, 2.05) is 32.0 Å². The maximum absolute atomic E-state index is 13.6. The van der Waals surface area contributed by atoms with Crippen molar-refractivity contribution in [3.63, 3.8) is 0 Å². The summed E-state index contributed by atoms with van der Waals surface area (Å²) < 4.78 is 91.5. The topological polar surface area (TPSA) is 45.3 Å². The Morgan fingerprint density at radius 1 is 0.841 bits per heavy atom. The van der Waals surface area contributed by atoms with Crippen LogP contribution in [0.15, 0.2) is 36.4 Å².